The summed E-state index contributed by atoms with van der Waals surface area (Å²) < 4.78 is 5.92. The van der Waals surface area contributed by atoms with E-state index in [4.69, 9.17) is 16.3 Å². The number of halogens is 1. The Kier molecular flexibility index (Phi) is 5.11. The molecule has 0 saturated carbocycles. The number of carbonyl (C=O) groups excluding carboxylic acids is 1. The lowest BCUT2D eigenvalue weighted by Gasteiger charge is -2.34. The highest BCUT2D eigenvalue weighted by Gasteiger charge is 2.23. The number of fused-ring (bicyclic) bond motifs is 2. The van der Waals surface area contributed by atoms with Crippen molar-refractivity contribution >= 4 is 39.3 Å². The van der Waals surface area contributed by atoms with Gasteiger partial charge in [-0.25, -0.2) is 0 Å². The van der Waals surface area contributed by atoms with Gasteiger partial charge in [0.15, 0.2) is 0 Å². The summed E-state index contributed by atoms with van der Waals surface area (Å²) in [7, 11) is 0. The number of para-hydroxylation sites is 1. The highest BCUT2D eigenvalue weighted by atomic mass is 35.5. The number of rotatable bonds is 5. The highest BCUT2D eigenvalue weighted by molar-refractivity contribution is 6.35. The maximum Gasteiger partial charge on any atom is 0.270 e. The van der Waals surface area contributed by atoms with Crippen LogP contribution in [0.1, 0.15) is 10.5 Å². The molecule has 0 unspecified atom stereocenters. The van der Waals surface area contributed by atoms with Gasteiger partial charge in [-0.3, -0.25) is 9.69 Å². The zero-order valence-corrected chi connectivity index (χ0v) is 17.3. The molecule has 2 aromatic heterocycles. The van der Waals surface area contributed by atoms with Gasteiger partial charge in [-0.05, 0) is 36.4 Å². The summed E-state index contributed by atoms with van der Waals surface area (Å²) in [5.74, 6) is 0.909. The van der Waals surface area contributed by atoms with Crippen molar-refractivity contribution in [2.75, 3.05) is 39.3 Å². The van der Waals surface area contributed by atoms with E-state index in [1.54, 1.807) is 0 Å². The third-order valence-corrected chi connectivity index (χ3v) is 6.01. The van der Waals surface area contributed by atoms with Crippen LogP contribution < -0.4 is 4.74 Å². The Morgan fingerprint density at radius 1 is 1.03 bits per heavy atom. The molecule has 1 aliphatic heterocycles. The number of ether oxygens (including phenoxy) is 1. The van der Waals surface area contributed by atoms with Crippen LogP contribution in [0.3, 0.4) is 0 Å². The van der Waals surface area contributed by atoms with Crippen LogP contribution in [0.25, 0.3) is 21.8 Å². The van der Waals surface area contributed by atoms with Gasteiger partial charge >= 0.3 is 0 Å². The van der Waals surface area contributed by atoms with Crippen molar-refractivity contribution < 1.29 is 9.53 Å². The van der Waals surface area contributed by atoms with E-state index >= 15 is 0 Å². The van der Waals surface area contributed by atoms with Gasteiger partial charge in [0.1, 0.15) is 18.1 Å². The first-order chi connectivity index (χ1) is 14.7. The van der Waals surface area contributed by atoms with Crippen LogP contribution >= 0.6 is 11.6 Å². The molecule has 0 spiro atoms. The Hall–Kier alpha value is -2.96. The molecule has 2 N–H and O–H groups in total. The van der Waals surface area contributed by atoms with Gasteiger partial charge in [0.2, 0.25) is 0 Å². The fourth-order valence-electron chi connectivity index (χ4n) is 3.99. The third kappa shape index (κ3) is 3.76. The van der Waals surface area contributed by atoms with Crippen LogP contribution in [0.2, 0.25) is 5.02 Å². The molecule has 0 aliphatic carbocycles. The van der Waals surface area contributed by atoms with E-state index in [1.807, 2.05) is 53.6 Å². The molecule has 1 fully saturated rings. The van der Waals surface area contributed by atoms with Gasteiger partial charge in [0.05, 0.1) is 10.5 Å². The Labute approximate surface area is 179 Å². The zero-order valence-electron chi connectivity index (χ0n) is 16.5. The fraction of sp³-hybridized carbons (Fsp3) is 0.261. The molecule has 3 heterocycles. The summed E-state index contributed by atoms with van der Waals surface area (Å²) in [6.07, 6.45) is 1.93. The quantitative estimate of drug-likeness (QED) is 0.508. The van der Waals surface area contributed by atoms with Crippen LogP contribution in [0.5, 0.6) is 5.75 Å². The number of nitrogens with zero attached hydrogens (tertiary/aromatic N) is 2. The second-order valence-electron chi connectivity index (χ2n) is 7.60. The van der Waals surface area contributed by atoms with Crippen molar-refractivity contribution in [3.05, 3.63) is 65.4 Å². The molecule has 1 aliphatic rings. The van der Waals surface area contributed by atoms with Crippen molar-refractivity contribution in [1.82, 2.24) is 19.8 Å². The summed E-state index contributed by atoms with van der Waals surface area (Å²) in [6, 6.07) is 15.7. The lowest BCUT2D eigenvalue weighted by molar-refractivity contribution is 0.0615. The van der Waals surface area contributed by atoms with Crippen LogP contribution in [-0.4, -0.2) is 65.0 Å². The van der Waals surface area contributed by atoms with E-state index in [0.29, 0.717) is 30.4 Å². The van der Waals surface area contributed by atoms with Crippen LogP contribution in [0, 0.1) is 0 Å². The number of H-pyrrole nitrogens is 2. The van der Waals surface area contributed by atoms with E-state index in [0.717, 1.165) is 47.2 Å². The average molecular weight is 423 g/mol. The number of aromatic nitrogens is 2. The molecule has 6 nitrogen and oxygen atoms in total. The van der Waals surface area contributed by atoms with E-state index in [1.165, 1.54) is 0 Å². The maximum absolute atomic E-state index is 12.9. The second kappa shape index (κ2) is 8.05. The minimum absolute atomic E-state index is 0.0259. The number of carbonyl (C=O) groups is 1. The topological polar surface area (TPSA) is 64.4 Å². The fourth-order valence-corrected chi connectivity index (χ4v) is 4.22. The van der Waals surface area contributed by atoms with Crippen molar-refractivity contribution in [3.8, 4) is 5.75 Å². The average Bonchev–Trinajstić information content (AvgIpc) is 3.41. The summed E-state index contributed by atoms with van der Waals surface area (Å²) in [5.41, 5.74) is 2.52. The molecule has 0 atom stereocenters. The summed E-state index contributed by atoms with van der Waals surface area (Å²) in [5, 5.41) is 2.74. The number of hydrogen-bond acceptors (Lipinski definition) is 3. The zero-order chi connectivity index (χ0) is 20.5. The van der Waals surface area contributed by atoms with Crippen molar-refractivity contribution in [2.45, 2.75) is 0 Å². The molecule has 2 aromatic carbocycles. The molecule has 4 aromatic rings. The molecular weight excluding hydrogens is 400 g/mol. The molecule has 5 rings (SSSR count). The first-order valence-electron chi connectivity index (χ1n) is 10.2. The number of piperazine rings is 1. The van der Waals surface area contributed by atoms with Crippen molar-refractivity contribution in [2.24, 2.45) is 0 Å². The van der Waals surface area contributed by atoms with E-state index < -0.39 is 0 Å². The Bertz CT molecular complexity index is 1190. The lowest BCUT2D eigenvalue weighted by atomic mass is 10.2. The third-order valence-electron chi connectivity index (χ3n) is 5.70. The predicted octanol–water partition coefficient (Wildman–Crippen LogP) is 4.14. The maximum atomic E-state index is 12.9. The molecule has 7 heteroatoms. The molecule has 1 saturated heterocycles. The molecule has 1 amide bonds. The molecule has 30 heavy (non-hydrogen) atoms. The van der Waals surface area contributed by atoms with E-state index in [-0.39, 0.29) is 5.91 Å². The van der Waals surface area contributed by atoms with Gasteiger partial charge in [-0.15, -0.1) is 0 Å². The highest BCUT2D eigenvalue weighted by Crippen LogP contribution is 2.24. The van der Waals surface area contributed by atoms with Gasteiger partial charge in [0.25, 0.3) is 5.91 Å². The summed E-state index contributed by atoms with van der Waals surface area (Å²) in [6.45, 7) is 4.56. The number of benzene rings is 2. The number of amides is 1. The predicted molar refractivity (Wildman–Crippen MR) is 119 cm³/mol. The summed E-state index contributed by atoms with van der Waals surface area (Å²) in [4.78, 5) is 23.5. The Balaban J connectivity index is 1.13. The second-order valence-corrected chi connectivity index (χ2v) is 8.00. The van der Waals surface area contributed by atoms with Crippen LogP contribution in [-0.2, 0) is 0 Å². The first-order valence-corrected chi connectivity index (χ1v) is 10.5. The number of nitrogens with one attached hydrogen (secondary N) is 2. The van der Waals surface area contributed by atoms with Gasteiger partial charge < -0.3 is 19.6 Å². The SMILES string of the molecule is O=C(c1cc2cccc(Cl)c2[nH]1)N1CCN(CCOc2ccc3[nH]ccc3c2)CC1. The molecule has 0 bridgehead atoms. The van der Waals surface area contributed by atoms with Crippen molar-refractivity contribution in [3.63, 3.8) is 0 Å². The first kappa shape index (κ1) is 19.0. The van der Waals surface area contributed by atoms with Crippen molar-refractivity contribution in [1.29, 1.82) is 0 Å². The number of hydrogen-bond donors (Lipinski definition) is 2. The molecule has 154 valence electrons. The van der Waals surface area contributed by atoms with Gasteiger partial charge in [0, 0.05) is 55.2 Å². The van der Waals surface area contributed by atoms with Gasteiger partial charge in [-0.1, -0.05) is 23.7 Å². The Morgan fingerprint density at radius 3 is 2.73 bits per heavy atom. The van der Waals surface area contributed by atoms with E-state index in [9.17, 15) is 4.79 Å². The normalized spacial score (nSPS) is 15.2. The summed E-state index contributed by atoms with van der Waals surface area (Å²) >= 11 is 6.22. The monoisotopic (exact) mass is 422 g/mol. The standard InChI is InChI=1S/C23H23ClN4O2/c24-19-3-1-2-17-15-21(26-22(17)19)23(29)28-10-8-27(9-11-28)12-13-30-18-4-5-20-16(14-18)6-7-25-20/h1-7,14-15,25-26H,8-13H2. The molecule has 0 radical (unpaired) electrons. The van der Waals surface area contributed by atoms with Crippen LogP contribution in [0.4, 0.5) is 0 Å². The van der Waals surface area contributed by atoms with Crippen LogP contribution in [0.15, 0.2) is 54.7 Å². The van der Waals surface area contributed by atoms with Gasteiger partial charge in [-0.2, -0.15) is 0 Å². The largest absolute Gasteiger partial charge is 0.492 e. The smallest absolute Gasteiger partial charge is 0.270 e. The lowest BCUT2D eigenvalue weighted by Crippen LogP contribution is -2.49. The molecular formula is C23H23ClN4O2. The Morgan fingerprint density at radius 2 is 1.90 bits per heavy atom. The minimum atomic E-state index is 0.0259. The van der Waals surface area contributed by atoms with E-state index in [2.05, 4.69) is 20.9 Å². The minimum Gasteiger partial charge on any atom is -0.492 e. The number of aromatic amines is 2.